The Balaban J connectivity index is 1.92. The Morgan fingerprint density at radius 3 is 2.37 bits per heavy atom. The number of phenols is 1. The van der Waals surface area contributed by atoms with Gasteiger partial charge < -0.3 is 10.4 Å². The van der Waals surface area contributed by atoms with Crippen molar-refractivity contribution in [2.75, 3.05) is 0 Å². The summed E-state index contributed by atoms with van der Waals surface area (Å²) >= 11 is 0. The maximum absolute atomic E-state index is 13.4. The summed E-state index contributed by atoms with van der Waals surface area (Å²) in [6.45, 7) is 0.222. The molecule has 0 saturated carbocycles. The van der Waals surface area contributed by atoms with Gasteiger partial charge in [0.15, 0.2) is 0 Å². The van der Waals surface area contributed by atoms with Crippen molar-refractivity contribution in [3.05, 3.63) is 65.5 Å². The van der Waals surface area contributed by atoms with E-state index in [4.69, 9.17) is 0 Å². The summed E-state index contributed by atoms with van der Waals surface area (Å²) in [5, 5.41) is 12.2. The molecule has 0 bridgehead atoms. The first-order valence-electron chi connectivity index (χ1n) is 5.94. The van der Waals surface area contributed by atoms with Crippen LogP contribution in [0.2, 0.25) is 0 Å². The minimum Gasteiger partial charge on any atom is -0.508 e. The number of aromatic hydroxyl groups is 1. The van der Waals surface area contributed by atoms with Crippen LogP contribution in [0.4, 0.5) is 4.39 Å². The second-order valence-electron chi connectivity index (χ2n) is 4.17. The molecule has 19 heavy (non-hydrogen) atoms. The smallest absolute Gasteiger partial charge is 0.224 e. The van der Waals surface area contributed by atoms with Gasteiger partial charge in [-0.3, -0.25) is 4.79 Å². The third-order valence-corrected chi connectivity index (χ3v) is 2.78. The highest BCUT2D eigenvalue weighted by Gasteiger charge is 2.08. The molecule has 1 amide bonds. The fraction of sp³-hybridized carbons (Fsp3) is 0.133. The Morgan fingerprint density at radius 1 is 1.05 bits per heavy atom. The molecular formula is C15H14FNO2. The maximum atomic E-state index is 13.4. The lowest BCUT2D eigenvalue weighted by Gasteiger charge is -2.07. The Morgan fingerprint density at radius 2 is 1.68 bits per heavy atom. The summed E-state index contributed by atoms with van der Waals surface area (Å²) in [5.74, 6) is -0.540. The predicted octanol–water partition coefficient (Wildman–Crippen LogP) is 2.39. The number of hydrogen-bond acceptors (Lipinski definition) is 2. The molecule has 0 aliphatic heterocycles. The van der Waals surface area contributed by atoms with Crippen molar-refractivity contribution in [3.8, 4) is 5.75 Å². The highest BCUT2D eigenvalue weighted by molar-refractivity contribution is 5.78. The molecule has 0 saturated heterocycles. The molecule has 0 aliphatic rings. The molecular weight excluding hydrogens is 245 g/mol. The second-order valence-corrected chi connectivity index (χ2v) is 4.17. The minimum atomic E-state index is -0.389. The van der Waals surface area contributed by atoms with E-state index in [0.29, 0.717) is 11.1 Å². The van der Waals surface area contributed by atoms with Crippen molar-refractivity contribution in [2.45, 2.75) is 13.0 Å². The van der Waals surface area contributed by atoms with Gasteiger partial charge in [0.05, 0.1) is 6.42 Å². The van der Waals surface area contributed by atoms with E-state index in [1.807, 2.05) is 0 Å². The molecule has 2 aromatic carbocycles. The predicted molar refractivity (Wildman–Crippen MR) is 70.1 cm³/mol. The Hall–Kier alpha value is -2.36. The fourth-order valence-corrected chi connectivity index (χ4v) is 1.73. The Labute approximate surface area is 110 Å². The first-order valence-corrected chi connectivity index (χ1v) is 5.94. The van der Waals surface area contributed by atoms with Crippen LogP contribution in [-0.2, 0) is 17.8 Å². The molecule has 98 valence electrons. The van der Waals surface area contributed by atoms with Crippen LogP contribution in [0.25, 0.3) is 0 Å². The number of para-hydroxylation sites is 1. The van der Waals surface area contributed by atoms with Crippen LogP contribution in [0.15, 0.2) is 48.5 Å². The second kappa shape index (κ2) is 6.00. The molecule has 0 unspecified atom stereocenters. The van der Waals surface area contributed by atoms with Crippen LogP contribution < -0.4 is 5.32 Å². The molecule has 3 nitrogen and oxygen atoms in total. The van der Waals surface area contributed by atoms with Gasteiger partial charge in [0.2, 0.25) is 5.91 Å². The summed E-state index contributed by atoms with van der Waals surface area (Å²) in [7, 11) is 0. The summed E-state index contributed by atoms with van der Waals surface area (Å²) < 4.78 is 13.4. The molecule has 4 heteroatoms. The lowest BCUT2D eigenvalue weighted by atomic mass is 10.1. The largest absolute Gasteiger partial charge is 0.508 e. The van der Waals surface area contributed by atoms with Gasteiger partial charge in [0.25, 0.3) is 0 Å². The van der Waals surface area contributed by atoms with Crippen LogP contribution in [0.3, 0.4) is 0 Å². The first-order chi connectivity index (χ1) is 9.16. The van der Waals surface area contributed by atoms with Crippen molar-refractivity contribution in [1.29, 1.82) is 0 Å². The Kier molecular flexibility index (Phi) is 4.13. The number of hydrogen-bond donors (Lipinski definition) is 2. The number of carbonyl (C=O) groups excluding carboxylic acids is 1. The van der Waals surface area contributed by atoms with Crippen LogP contribution in [0, 0.1) is 5.82 Å². The lowest BCUT2D eigenvalue weighted by Crippen LogP contribution is -2.24. The van der Waals surface area contributed by atoms with Crippen molar-refractivity contribution < 1.29 is 14.3 Å². The fourth-order valence-electron chi connectivity index (χ4n) is 1.73. The van der Waals surface area contributed by atoms with Crippen molar-refractivity contribution in [2.24, 2.45) is 0 Å². The molecule has 0 atom stereocenters. The number of rotatable bonds is 4. The highest BCUT2D eigenvalue weighted by atomic mass is 19.1. The monoisotopic (exact) mass is 259 g/mol. The van der Waals surface area contributed by atoms with Crippen molar-refractivity contribution in [1.82, 2.24) is 5.32 Å². The molecule has 0 spiro atoms. The summed E-state index contributed by atoms with van der Waals surface area (Å²) in [6, 6.07) is 12.9. The van der Waals surface area contributed by atoms with Crippen LogP contribution >= 0.6 is 0 Å². The van der Waals surface area contributed by atoms with Gasteiger partial charge in [-0.15, -0.1) is 0 Å². The van der Waals surface area contributed by atoms with E-state index in [0.717, 1.165) is 0 Å². The average Bonchev–Trinajstić information content (AvgIpc) is 2.40. The molecule has 0 aliphatic carbocycles. The zero-order valence-corrected chi connectivity index (χ0v) is 10.3. The topological polar surface area (TPSA) is 49.3 Å². The third kappa shape index (κ3) is 3.55. The van der Waals surface area contributed by atoms with Crippen molar-refractivity contribution >= 4 is 5.91 Å². The number of carbonyl (C=O) groups is 1. The van der Waals surface area contributed by atoms with Crippen LogP contribution in [-0.4, -0.2) is 11.0 Å². The third-order valence-electron chi connectivity index (χ3n) is 2.78. The van der Waals surface area contributed by atoms with Crippen molar-refractivity contribution in [3.63, 3.8) is 0 Å². The van der Waals surface area contributed by atoms with Crippen LogP contribution in [0.5, 0.6) is 5.75 Å². The summed E-state index contributed by atoms with van der Waals surface area (Å²) in [6.07, 6.45) is -0.0136. The van der Waals surface area contributed by atoms with E-state index in [1.165, 1.54) is 6.07 Å². The van der Waals surface area contributed by atoms with E-state index in [2.05, 4.69) is 5.32 Å². The normalized spacial score (nSPS) is 10.2. The standard InChI is InChI=1S/C15H14FNO2/c16-13-7-3-1-5-11(13)9-15(19)17-10-12-6-2-4-8-14(12)18/h1-8,18H,9-10H2,(H,17,19). The summed E-state index contributed by atoms with van der Waals surface area (Å²) in [5.41, 5.74) is 0.988. The Bertz CT molecular complexity index is 584. The molecule has 2 N–H and O–H groups in total. The van der Waals surface area contributed by atoms with E-state index >= 15 is 0 Å². The van der Waals surface area contributed by atoms with Gasteiger partial charge in [-0.05, 0) is 17.7 Å². The quantitative estimate of drug-likeness (QED) is 0.885. The van der Waals surface area contributed by atoms with Crippen LogP contribution in [0.1, 0.15) is 11.1 Å². The van der Waals surface area contributed by atoms with E-state index in [1.54, 1.807) is 42.5 Å². The average molecular weight is 259 g/mol. The van der Waals surface area contributed by atoms with Gasteiger partial charge >= 0.3 is 0 Å². The van der Waals surface area contributed by atoms with Gasteiger partial charge in [-0.2, -0.15) is 0 Å². The lowest BCUT2D eigenvalue weighted by molar-refractivity contribution is -0.120. The molecule has 0 radical (unpaired) electrons. The number of halogens is 1. The zero-order chi connectivity index (χ0) is 13.7. The molecule has 0 heterocycles. The summed E-state index contributed by atoms with van der Waals surface area (Å²) in [4.78, 5) is 11.7. The molecule has 2 rings (SSSR count). The highest BCUT2D eigenvalue weighted by Crippen LogP contribution is 2.15. The minimum absolute atomic E-state index is 0.0136. The maximum Gasteiger partial charge on any atom is 0.224 e. The van der Waals surface area contributed by atoms with Gasteiger partial charge in [0, 0.05) is 12.1 Å². The van der Waals surface area contributed by atoms with E-state index in [-0.39, 0.29) is 30.4 Å². The zero-order valence-electron chi connectivity index (χ0n) is 10.3. The number of nitrogens with one attached hydrogen (secondary N) is 1. The SMILES string of the molecule is O=C(Cc1ccccc1F)NCc1ccccc1O. The molecule has 0 fully saturated rings. The first kappa shape index (κ1) is 13.1. The number of phenolic OH excluding ortho intramolecular Hbond substituents is 1. The number of benzene rings is 2. The molecule has 2 aromatic rings. The molecule has 0 aromatic heterocycles. The van der Waals surface area contributed by atoms with E-state index in [9.17, 15) is 14.3 Å². The van der Waals surface area contributed by atoms with Gasteiger partial charge in [-0.25, -0.2) is 4.39 Å². The van der Waals surface area contributed by atoms with Gasteiger partial charge in [-0.1, -0.05) is 36.4 Å². The number of amides is 1. The van der Waals surface area contributed by atoms with Gasteiger partial charge in [0.1, 0.15) is 11.6 Å². The van der Waals surface area contributed by atoms with E-state index < -0.39 is 0 Å².